The monoisotopic (exact) mass is 314 g/mol. The summed E-state index contributed by atoms with van der Waals surface area (Å²) in [5.41, 5.74) is 1.24. The average Bonchev–Trinajstić information content (AvgIpc) is 3.23. The first-order valence-electron chi connectivity index (χ1n) is 8.29. The molecular formula is C18H22N2O3. The van der Waals surface area contributed by atoms with E-state index in [1.807, 2.05) is 30.5 Å². The topological polar surface area (TPSA) is 47.7 Å². The Morgan fingerprint density at radius 1 is 1.26 bits per heavy atom. The number of ether oxygens (including phenoxy) is 2. The van der Waals surface area contributed by atoms with E-state index in [0.717, 1.165) is 32.5 Å². The lowest BCUT2D eigenvalue weighted by Crippen LogP contribution is -2.47. The summed E-state index contributed by atoms with van der Waals surface area (Å²) in [4.78, 5) is 6.75. The number of furan rings is 1. The number of nitrogens with zero attached hydrogens (tertiary/aromatic N) is 2. The minimum absolute atomic E-state index is 0.327. The summed E-state index contributed by atoms with van der Waals surface area (Å²) in [6, 6.07) is 8.28. The normalized spacial score (nSPS) is 27.7. The lowest BCUT2D eigenvalue weighted by Gasteiger charge is -2.37. The van der Waals surface area contributed by atoms with Crippen LogP contribution in [-0.2, 0) is 11.3 Å². The molecule has 1 saturated carbocycles. The lowest BCUT2D eigenvalue weighted by molar-refractivity contribution is -0.0590. The van der Waals surface area contributed by atoms with Crippen molar-refractivity contribution in [3.8, 4) is 5.88 Å². The third-order valence-electron chi connectivity index (χ3n) is 4.82. The highest BCUT2D eigenvalue weighted by atomic mass is 16.5. The van der Waals surface area contributed by atoms with Crippen molar-refractivity contribution >= 4 is 0 Å². The van der Waals surface area contributed by atoms with E-state index in [2.05, 4.69) is 9.88 Å². The van der Waals surface area contributed by atoms with Gasteiger partial charge in [-0.05, 0) is 30.9 Å². The fourth-order valence-electron chi connectivity index (χ4n) is 3.71. The molecule has 1 aliphatic carbocycles. The Morgan fingerprint density at radius 2 is 2.26 bits per heavy atom. The van der Waals surface area contributed by atoms with Crippen molar-refractivity contribution < 1.29 is 13.9 Å². The Bertz CT molecular complexity index is 602. The molecule has 2 aromatic heterocycles. The fraction of sp³-hybridized carbons (Fsp3) is 0.500. The predicted molar refractivity (Wildman–Crippen MR) is 85.1 cm³/mol. The standard InChI is InChI=1S/C18H22N2O3/c1-2-5-19-18(3-1)23-13-15-9-16-17(10-15)22-8-6-20(16)11-14-4-7-21-12-14/h1-5,7,12,15-17H,6,8-11,13H2/t15-,16-,17-/m1/s1. The molecule has 4 rings (SSSR count). The van der Waals surface area contributed by atoms with E-state index < -0.39 is 0 Å². The van der Waals surface area contributed by atoms with Crippen LogP contribution >= 0.6 is 0 Å². The molecule has 2 fully saturated rings. The lowest BCUT2D eigenvalue weighted by atomic mass is 10.1. The molecule has 0 radical (unpaired) electrons. The predicted octanol–water partition coefficient (Wildman–Crippen LogP) is 2.73. The second kappa shape index (κ2) is 6.72. The quantitative estimate of drug-likeness (QED) is 0.849. The van der Waals surface area contributed by atoms with E-state index in [9.17, 15) is 0 Å². The maximum Gasteiger partial charge on any atom is 0.213 e. The van der Waals surface area contributed by atoms with Crippen LogP contribution in [0, 0.1) is 5.92 Å². The van der Waals surface area contributed by atoms with Crippen molar-refractivity contribution in [3.05, 3.63) is 48.6 Å². The van der Waals surface area contributed by atoms with Crippen LogP contribution in [0.25, 0.3) is 0 Å². The van der Waals surface area contributed by atoms with Gasteiger partial charge in [-0.1, -0.05) is 6.07 Å². The van der Waals surface area contributed by atoms with Crippen LogP contribution in [0.2, 0.25) is 0 Å². The van der Waals surface area contributed by atoms with Crippen LogP contribution in [0.1, 0.15) is 18.4 Å². The minimum atomic E-state index is 0.327. The Morgan fingerprint density at radius 3 is 3.09 bits per heavy atom. The van der Waals surface area contributed by atoms with Crippen LogP contribution in [-0.4, -0.2) is 41.8 Å². The Hall–Kier alpha value is -1.85. The number of rotatable bonds is 5. The molecule has 0 amide bonds. The van der Waals surface area contributed by atoms with Gasteiger partial charge in [0.2, 0.25) is 5.88 Å². The number of hydrogen-bond donors (Lipinski definition) is 0. The van der Waals surface area contributed by atoms with Crippen LogP contribution in [0.5, 0.6) is 5.88 Å². The molecule has 0 N–H and O–H groups in total. The molecule has 5 heteroatoms. The molecule has 3 atom stereocenters. The molecule has 1 saturated heterocycles. The highest BCUT2D eigenvalue weighted by Crippen LogP contribution is 2.35. The SMILES string of the molecule is c1ccc(OC[C@@H]2C[C@@H]3[C@@H](C2)OCCN3Cc2ccoc2)nc1. The Balaban J connectivity index is 1.35. The molecule has 0 spiro atoms. The van der Waals surface area contributed by atoms with Crippen molar-refractivity contribution in [2.45, 2.75) is 31.5 Å². The van der Waals surface area contributed by atoms with Crippen molar-refractivity contribution in [2.75, 3.05) is 19.8 Å². The van der Waals surface area contributed by atoms with E-state index in [0.29, 0.717) is 30.6 Å². The minimum Gasteiger partial charge on any atom is -0.477 e. The van der Waals surface area contributed by atoms with Crippen LogP contribution < -0.4 is 4.74 Å². The largest absolute Gasteiger partial charge is 0.477 e. The Kier molecular flexibility index (Phi) is 4.30. The maximum atomic E-state index is 6.00. The molecule has 2 aromatic rings. The van der Waals surface area contributed by atoms with Gasteiger partial charge in [0.25, 0.3) is 0 Å². The zero-order chi connectivity index (χ0) is 15.5. The molecule has 122 valence electrons. The molecule has 5 nitrogen and oxygen atoms in total. The number of aromatic nitrogens is 1. The summed E-state index contributed by atoms with van der Waals surface area (Å²) in [6.45, 7) is 3.45. The molecule has 0 unspecified atom stereocenters. The van der Waals surface area contributed by atoms with Gasteiger partial charge in [-0.2, -0.15) is 0 Å². The third-order valence-corrected chi connectivity index (χ3v) is 4.82. The zero-order valence-electron chi connectivity index (χ0n) is 13.1. The maximum absolute atomic E-state index is 6.00. The Labute approximate surface area is 136 Å². The highest BCUT2D eigenvalue weighted by molar-refractivity contribution is 5.10. The van der Waals surface area contributed by atoms with E-state index in [-0.39, 0.29) is 0 Å². The number of morpholine rings is 1. The van der Waals surface area contributed by atoms with Crippen LogP contribution in [0.15, 0.2) is 47.4 Å². The second-order valence-corrected chi connectivity index (χ2v) is 6.40. The number of fused-ring (bicyclic) bond motifs is 1. The first kappa shape index (κ1) is 14.7. The third kappa shape index (κ3) is 3.41. The van der Waals surface area contributed by atoms with E-state index in [1.54, 1.807) is 12.5 Å². The van der Waals surface area contributed by atoms with Crippen LogP contribution in [0.3, 0.4) is 0 Å². The zero-order valence-corrected chi connectivity index (χ0v) is 13.1. The second-order valence-electron chi connectivity index (χ2n) is 6.40. The van der Waals surface area contributed by atoms with Gasteiger partial charge >= 0.3 is 0 Å². The summed E-state index contributed by atoms with van der Waals surface area (Å²) >= 11 is 0. The smallest absolute Gasteiger partial charge is 0.213 e. The van der Waals surface area contributed by atoms with Crippen molar-refractivity contribution in [3.63, 3.8) is 0 Å². The fourth-order valence-corrected chi connectivity index (χ4v) is 3.71. The summed E-state index contributed by atoms with van der Waals surface area (Å²) in [7, 11) is 0. The number of hydrogen-bond acceptors (Lipinski definition) is 5. The van der Waals surface area contributed by atoms with Gasteiger partial charge in [-0.15, -0.1) is 0 Å². The summed E-state index contributed by atoms with van der Waals surface area (Å²) in [6.07, 6.45) is 7.86. The average molecular weight is 314 g/mol. The molecule has 3 heterocycles. The molecule has 1 aliphatic heterocycles. The molecule has 2 aliphatic rings. The van der Waals surface area contributed by atoms with Crippen molar-refractivity contribution in [1.29, 1.82) is 0 Å². The molecular weight excluding hydrogens is 292 g/mol. The first-order valence-corrected chi connectivity index (χ1v) is 8.29. The van der Waals surface area contributed by atoms with Gasteiger partial charge < -0.3 is 13.9 Å². The molecule has 0 bridgehead atoms. The molecule has 0 aromatic carbocycles. The van der Waals surface area contributed by atoms with Gasteiger partial charge in [0, 0.05) is 37.0 Å². The van der Waals surface area contributed by atoms with Gasteiger partial charge in [-0.3, -0.25) is 4.90 Å². The van der Waals surface area contributed by atoms with Gasteiger partial charge in [0.15, 0.2) is 0 Å². The van der Waals surface area contributed by atoms with Gasteiger partial charge in [0.05, 0.1) is 31.8 Å². The molecule has 23 heavy (non-hydrogen) atoms. The number of pyridine rings is 1. The first-order chi connectivity index (χ1) is 11.4. The van der Waals surface area contributed by atoms with Crippen molar-refractivity contribution in [1.82, 2.24) is 9.88 Å². The van der Waals surface area contributed by atoms with Crippen LogP contribution in [0.4, 0.5) is 0 Å². The van der Waals surface area contributed by atoms with Gasteiger partial charge in [-0.25, -0.2) is 4.98 Å². The summed E-state index contributed by atoms with van der Waals surface area (Å²) < 4.78 is 17.0. The van der Waals surface area contributed by atoms with E-state index in [1.165, 1.54) is 5.56 Å². The van der Waals surface area contributed by atoms with E-state index >= 15 is 0 Å². The van der Waals surface area contributed by atoms with Crippen molar-refractivity contribution in [2.24, 2.45) is 5.92 Å². The highest BCUT2D eigenvalue weighted by Gasteiger charge is 2.41. The summed E-state index contributed by atoms with van der Waals surface area (Å²) in [5, 5.41) is 0. The van der Waals surface area contributed by atoms with E-state index in [4.69, 9.17) is 13.9 Å². The van der Waals surface area contributed by atoms with Gasteiger partial charge in [0.1, 0.15) is 0 Å². The summed E-state index contributed by atoms with van der Waals surface area (Å²) in [5.74, 6) is 1.23.